The molecule has 128 valence electrons. The first-order chi connectivity index (χ1) is 11.1. The summed E-state index contributed by atoms with van der Waals surface area (Å²) in [6.07, 6.45) is 6.64. The zero-order valence-electron chi connectivity index (χ0n) is 14.7. The number of ketones is 1. The van der Waals surface area contributed by atoms with Gasteiger partial charge in [-0.15, -0.1) is 13.2 Å². The van der Waals surface area contributed by atoms with Gasteiger partial charge in [-0.2, -0.15) is 0 Å². The molecule has 0 radical (unpaired) electrons. The molecule has 0 unspecified atom stereocenters. The Morgan fingerprint density at radius 2 is 1.87 bits per heavy atom. The minimum absolute atomic E-state index is 0.0968. The molecule has 1 aromatic carbocycles. The van der Waals surface area contributed by atoms with Gasteiger partial charge in [-0.25, -0.2) is 0 Å². The number of phenolic OH excluding ortho intramolecular Hbond substituents is 1. The summed E-state index contributed by atoms with van der Waals surface area (Å²) in [5, 5.41) is 9.82. The van der Waals surface area contributed by atoms with Gasteiger partial charge in [-0.3, -0.25) is 9.69 Å². The number of aromatic hydroxyl groups is 1. The number of carbonyl (C=O) groups excluding carboxylic acids is 1. The zero-order valence-corrected chi connectivity index (χ0v) is 14.7. The van der Waals surface area contributed by atoms with Crippen molar-refractivity contribution in [3.05, 3.63) is 43.0 Å². The van der Waals surface area contributed by atoms with E-state index in [-0.39, 0.29) is 5.54 Å². The number of hydrogen-bond donors (Lipinski definition) is 1. The van der Waals surface area contributed by atoms with Gasteiger partial charge in [0.25, 0.3) is 0 Å². The summed E-state index contributed by atoms with van der Waals surface area (Å²) < 4.78 is 0. The monoisotopic (exact) mass is 317 g/mol. The van der Waals surface area contributed by atoms with Crippen molar-refractivity contribution in [1.82, 2.24) is 4.90 Å². The quantitative estimate of drug-likeness (QED) is 0.613. The molecule has 1 aromatic rings. The van der Waals surface area contributed by atoms with Gasteiger partial charge < -0.3 is 5.11 Å². The minimum atomic E-state index is -0.0968. The number of benzene rings is 1. The van der Waals surface area contributed by atoms with Gasteiger partial charge in [-0.05, 0) is 50.6 Å². The molecule has 3 nitrogen and oxygen atoms in total. The van der Waals surface area contributed by atoms with Crippen molar-refractivity contribution >= 4 is 5.78 Å². The molecule has 0 aliphatic heterocycles. The SMILES string of the molecule is C=C.CCCCCN(C)C1(c2cccc(O)c2)CCC(=O)CC1. The maximum atomic E-state index is 11.7. The second-order valence-electron chi connectivity index (χ2n) is 6.25. The van der Waals surface area contributed by atoms with E-state index in [0.717, 1.165) is 24.9 Å². The molecule has 0 atom stereocenters. The number of unbranched alkanes of at least 4 members (excludes halogenated alkanes) is 2. The van der Waals surface area contributed by atoms with Gasteiger partial charge >= 0.3 is 0 Å². The molecule has 1 aliphatic carbocycles. The summed E-state index contributed by atoms with van der Waals surface area (Å²) in [4.78, 5) is 14.1. The van der Waals surface area contributed by atoms with Crippen LogP contribution in [0, 0.1) is 0 Å². The van der Waals surface area contributed by atoms with Crippen molar-refractivity contribution in [2.75, 3.05) is 13.6 Å². The molecular formula is C20H31NO2. The predicted molar refractivity (Wildman–Crippen MR) is 96.7 cm³/mol. The molecule has 1 N–H and O–H groups in total. The van der Waals surface area contributed by atoms with Gasteiger partial charge in [0.15, 0.2) is 0 Å². The van der Waals surface area contributed by atoms with Crippen LogP contribution in [0.2, 0.25) is 0 Å². The topological polar surface area (TPSA) is 40.5 Å². The molecule has 0 bridgehead atoms. The molecule has 0 amide bonds. The molecule has 3 heteroatoms. The van der Waals surface area contributed by atoms with E-state index in [1.165, 1.54) is 19.3 Å². The third-order valence-corrected chi connectivity index (χ3v) is 4.85. The Morgan fingerprint density at radius 1 is 1.22 bits per heavy atom. The van der Waals surface area contributed by atoms with Crippen LogP contribution in [0.1, 0.15) is 57.4 Å². The van der Waals surface area contributed by atoms with Crippen LogP contribution in [0.5, 0.6) is 5.75 Å². The fourth-order valence-corrected chi connectivity index (χ4v) is 3.44. The molecule has 0 heterocycles. The summed E-state index contributed by atoms with van der Waals surface area (Å²) in [7, 11) is 2.16. The van der Waals surface area contributed by atoms with Crippen molar-refractivity contribution < 1.29 is 9.90 Å². The molecule has 23 heavy (non-hydrogen) atoms. The van der Waals surface area contributed by atoms with E-state index in [1.807, 2.05) is 12.1 Å². The Hall–Kier alpha value is -1.61. The molecular weight excluding hydrogens is 286 g/mol. The largest absolute Gasteiger partial charge is 0.508 e. The fraction of sp³-hybridized carbons (Fsp3) is 0.550. The summed E-state index contributed by atoms with van der Waals surface area (Å²) in [5.74, 6) is 0.679. The lowest BCUT2D eigenvalue weighted by Gasteiger charge is -2.45. The third-order valence-electron chi connectivity index (χ3n) is 4.85. The summed E-state index contributed by atoms with van der Waals surface area (Å²) >= 11 is 0. The number of phenols is 1. The van der Waals surface area contributed by atoms with Gasteiger partial charge in [-0.1, -0.05) is 31.9 Å². The number of Topliss-reactive ketones (excluding diaryl/α,β-unsaturated/α-hetero) is 1. The standard InChI is InChI=1S/C18H27NO2.C2H4/c1-3-4-5-13-19(2)18(11-9-16(20)10-12-18)15-7-6-8-17(21)14-15;1-2/h6-8,14,21H,3-5,9-13H2,1-2H3;1-2H2. The van der Waals surface area contributed by atoms with Crippen LogP contribution in [0.3, 0.4) is 0 Å². The first-order valence-electron chi connectivity index (χ1n) is 8.61. The van der Waals surface area contributed by atoms with Crippen molar-refractivity contribution in [2.24, 2.45) is 0 Å². The Kier molecular flexibility index (Phi) is 8.04. The van der Waals surface area contributed by atoms with E-state index in [0.29, 0.717) is 24.4 Å². The van der Waals surface area contributed by atoms with Gasteiger partial charge in [0.05, 0.1) is 0 Å². The zero-order chi connectivity index (χ0) is 17.3. The van der Waals surface area contributed by atoms with E-state index >= 15 is 0 Å². The smallest absolute Gasteiger partial charge is 0.133 e. The average Bonchev–Trinajstić information content (AvgIpc) is 2.58. The number of nitrogens with zero attached hydrogens (tertiary/aromatic N) is 1. The third kappa shape index (κ3) is 4.93. The van der Waals surface area contributed by atoms with Gasteiger partial charge in [0.2, 0.25) is 0 Å². The van der Waals surface area contributed by atoms with Crippen LogP contribution in [-0.2, 0) is 10.3 Å². The Morgan fingerprint density at radius 3 is 2.43 bits per heavy atom. The van der Waals surface area contributed by atoms with E-state index in [2.05, 4.69) is 38.1 Å². The molecule has 1 saturated carbocycles. The molecule has 0 aromatic heterocycles. The van der Waals surface area contributed by atoms with Crippen LogP contribution >= 0.6 is 0 Å². The van der Waals surface area contributed by atoms with Crippen LogP contribution in [0.15, 0.2) is 37.4 Å². The molecule has 2 rings (SSSR count). The van der Waals surface area contributed by atoms with E-state index < -0.39 is 0 Å². The average molecular weight is 317 g/mol. The van der Waals surface area contributed by atoms with Crippen molar-refractivity contribution in [2.45, 2.75) is 57.4 Å². The van der Waals surface area contributed by atoms with Crippen molar-refractivity contribution in [1.29, 1.82) is 0 Å². The second-order valence-corrected chi connectivity index (χ2v) is 6.25. The first-order valence-corrected chi connectivity index (χ1v) is 8.61. The fourth-order valence-electron chi connectivity index (χ4n) is 3.44. The van der Waals surface area contributed by atoms with E-state index in [1.54, 1.807) is 6.07 Å². The predicted octanol–water partition coefficient (Wildman–Crippen LogP) is 4.65. The lowest BCUT2D eigenvalue weighted by atomic mass is 9.75. The van der Waals surface area contributed by atoms with Crippen LogP contribution in [0.4, 0.5) is 0 Å². The van der Waals surface area contributed by atoms with Gasteiger partial charge in [0.1, 0.15) is 11.5 Å². The normalized spacial score (nSPS) is 16.7. The molecule has 1 fully saturated rings. The number of carbonyl (C=O) groups is 1. The highest BCUT2D eigenvalue weighted by Gasteiger charge is 2.39. The van der Waals surface area contributed by atoms with Crippen LogP contribution in [-0.4, -0.2) is 29.4 Å². The maximum absolute atomic E-state index is 11.7. The number of rotatable bonds is 6. The highest BCUT2D eigenvalue weighted by atomic mass is 16.3. The lowest BCUT2D eigenvalue weighted by Crippen LogP contribution is -2.47. The number of hydrogen-bond acceptors (Lipinski definition) is 3. The highest BCUT2D eigenvalue weighted by Crippen LogP contribution is 2.41. The second kappa shape index (κ2) is 9.51. The Bertz CT molecular complexity index is 488. The summed E-state index contributed by atoms with van der Waals surface area (Å²) in [6, 6.07) is 7.57. The minimum Gasteiger partial charge on any atom is -0.508 e. The lowest BCUT2D eigenvalue weighted by molar-refractivity contribution is -0.123. The molecule has 0 saturated heterocycles. The van der Waals surface area contributed by atoms with E-state index in [9.17, 15) is 9.90 Å². The summed E-state index contributed by atoms with van der Waals surface area (Å²) in [5.41, 5.74) is 1.05. The van der Waals surface area contributed by atoms with Crippen LogP contribution < -0.4 is 0 Å². The van der Waals surface area contributed by atoms with E-state index in [4.69, 9.17) is 0 Å². The van der Waals surface area contributed by atoms with Crippen molar-refractivity contribution in [3.8, 4) is 5.75 Å². The Balaban J connectivity index is 0.00000127. The highest BCUT2D eigenvalue weighted by molar-refractivity contribution is 5.79. The van der Waals surface area contributed by atoms with Crippen LogP contribution in [0.25, 0.3) is 0 Å². The van der Waals surface area contributed by atoms with Gasteiger partial charge in [0, 0.05) is 18.4 Å². The molecule has 1 aliphatic rings. The first kappa shape index (κ1) is 19.4. The van der Waals surface area contributed by atoms with Crippen molar-refractivity contribution in [3.63, 3.8) is 0 Å². The Labute approximate surface area is 141 Å². The molecule has 0 spiro atoms. The summed E-state index contributed by atoms with van der Waals surface area (Å²) in [6.45, 7) is 9.25. The maximum Gasteiger partial charge on any atom is 0.133 e.